The van der Waals surface area contributed by atoms with Gasteiger partial charge in [0.2, 0.25) is 0 Å². The molecule has 0 atom stereocenters. The number of oxime groups is 1. The van der Waals surface area contributed by atoms with E-state index < -0.39 is 11.9 Å². The number of rotatable bonds is 4. The van der Waals surface area contributed by atoms with Crippen molar-refractivity contribution in [1.29, 1.82) is 0 Å². The van der Waals surface area contributed by atoms with Gasteiger partial charge in [-0.05, 0) is 6.92 Å². The first-order valence-corrected chi connectivity index (χ1v) is 5.29. The van der Waals surface area contributed by atoms with Crippen molar-refractivity contribution in [3.8, 4) is 0 Å². The number of hydrogen-bond donors (Lipinski definition) is 1. The Hall–Kier alpha value is -2.37. The number of esters is 2. The molecule has 0 heterocycles. The molecule has 0 radical (unpaired) electrons. The Kier molecular flexibility index (Phi) is 5.37. The molecule has 0 aromatic heterocycles. The molecule has 0 unspecified atom stereocenters. The van der Waals surface area contributed by atoms with E-state index in [-0.39, 0.29) is 18.9 Å². The molecule has 18 heavy (non-hydrogen) atoms. The predicted molar refractivity (Wildman–Crippen MR) is 62.4 cm³/mol. The van der Waals surface area contributed by atoms with Crippen molar-refractivity contribution in [2.75, 3.05) is 13.2 Å². The quantitative estimate of drug-likeness (QED) is 0.283. The molecule has 1 N–H and O–H groups in total. The summed E-state index contributed by atoms with van der Waals surface area (Å²) in [6.07, 6.45) is 0. The van der Waals surface area contributed by atoms with E-state index >= 15 is 0 Å². The maximum absolute atomic E-state index is 11.2. The van der Waals surface area contributed by atoms with Crippen molar-refractivity contribution in [3.63, 3.8) is 0 Å². The normalized spacial score (nSPS) is 10.8. The molecular weight excluding hydrogens is 238 g/mol. The summed E-state index contributed by atoms with van der Waals surface area (Å²) in [5.74, 6) is -2.18. The first kappa shape index (κ1) is 13.7. The minimum Gasteiger partial charge on any atom is -0.458 e. The van der Waals surface area contributed by atoms with Gasteiger partial charge in [-0.15, -0.1) is 0 Å². The molecule has 0 saturated carbocycles. The minimum atomic E-state index is -1.12. The van der Waals surface area contributed by atoms with Crippen LogP contribution in [0.15, 0.2) is 35.5 Å². The van der Waals surface area contributed by atoms with Gasteiger partial charge in [0.05, 0.1) is 6.61 Å². The van der Waals surface area contributed by atoms with Crippen LogP contribution in [0.5, 0.6) is 0 Å². The molecule has 0 aliphatic rings. The molecule has 0 bridgehead atoms. The number of hydrogen-bond acceptors (Lipinski definition) is 6. The molecule has 0 fully saturated rings. The van der Waals surface area contributed by atoms with Gasteiger partial charge in [-0.25, -0.2) is 9.59 Å². The van der Waals surface area contributed by atoms with Crippen molar-refractivity contribution in [2.45, 2.75) is 6.92 Å². The van der Waals surface area contributed by atoms with Crippen LogP contribution in [0.3, 0.4) is 0 Å². The van der Waals surface area contributed by atoms with Crippen molar-refractivity contribution in [3.05, 3.63) is 35.9 Å². The van der Waals surface area contributed by atoms with E-state index in [9.17, 15) is 9.59 Å². The lowest BCUT2D eigenvalue weighted by Crippen LogP contribution is -2.23. The standard InChI is InChI=1S/C12H13NO5/c1-2-17-11(14)12(15)18-8-10(13-16)9-6-4-3-5-7-9/h3-7,16H,2,8H2,1H3/b13-10-. The van der Waals surface area contributed by atoms with Crippen molar-refractivity contribution in [2.24, 2.45) is 5.16 Å². The minimum absolute atomic E-state index is 0.0908. The summed E-state index contributed by atoms with van der Waals surface area (Å²) in [5, 5.41) is 11.8. The largest absolute Gasteiger partial charge is 0.458 e. The average Bonchev–Trinajstić information content (AvgIpc) is 2.40. The van der Waals surface area contributed by atoms with Gasteiger partial charge in [0.25, 0.3) is 0 Å². The van der Waals surface area contributed by atoms with Gasteiger partial charge in [-0.3, -0.25) is 0 Å². The molecule has 96 valence electrons. The van der Waals surface area contributed by atoms with Gasteiger partial charge in [0.1, 0.15) is 12.3 Å². The Labute approximate surface area is 104 Å². The van der Waals surface area contributed by atoms with Gasteiger partial charge >= 0.3 is 11.9 Å². The predicted octanol–water partition coefficient (Wildman–Crippen LogP) is 0.971. The third kappa shape index (κ3) is 3.89. The van der Waals surface area contributed by atoms with Crippen molar-refractivity contribution in [1.82, 2.24) is 0 Å². The fourth-order valence-corrected chi connectivity index (χ4v) is 1.18. The van der Waals surface area contributed by atoms with E-state index in [1.54, 1.807) is 37.3 Å². The topological polar surface area (TPSA) is 85.2 Å². The molecule has 1 rings (SSSR count). The lowest BCUT2D eigenvalue weighted by molar-refractivity contribution is -0.166. The third-order valence-electron chi connectivity index (χ3n) is 2.01. The summed E-state index contributed by atoms with van der Waals surface area (Å²) in [5.41, 5.74) is 0.741. The molecule has 0 aliphatic carbocycles. The zero-order valence-corrected chi connectivity index (χ0v) is 9.83. The number of carbonyl (C=O) groups excluding carboxylic acids is 2. The first-order valence-electron chi connectivity index (χ1n) is 5.29. The van der Waals surface area contributed by atoms with Gasteiger partial charge < -0.3 is 14.7 Å². The third-order valence-corrected chi connectivity index (χ3v) is 2.01. The van der Waals surface area contributed by atoms with E-state index in [4.69, 9.17) is 5.21 Å². The van der Waals surface area contributed by atoms with Crippen LogP contribution < -0.4 is 0 Å². The summed E-state index contributed by atoms with van der Waals surface area (Å²) in [6, 6.07) is 8.66. The molecule has 6 heteroatoms. The van der Waals surface area contributed by atoms with Crippen LogP contribution in [0.1, 0.15) is 12.5 Å². The molecule has 1 aromatic rings. The SMILES string of the molecule is CCOC(=O)C(=O)OC/C(=N/O)c1ccccc1. The molecule has 6 nitrogen and oxygen atoms in total. The number of carbonyl (C=O) groups is 2. The second kappa shape index (κ2) is 7.05. The van der Waals surface area contributed by atoms with Crippen LogP contribution in [0, 0.1) is 0 Å². The summed E-state index contributed by atoms with van der Waals surface area (Å²) < 4.78 is 9.12. The highest BCUT2D eigenvalue weighted by Gasteiger charge is 2.18. The number of nitrogens with zero attached hydrogens (tertiary/aromatic N) is 1. The zero-order valence-electron chi connectivity index (χ0n) is 9.83. The Balaban J connectivity index is 2.57. The smallest absolute Gasteiger partial charge is 0.417 e. The van der Waals surface area contributed by atoms with E-state index in [2.05, 4.69) is 14.6 Å². The van der Waals surface area contributed by atoms with Crippen LogP contribution in [0.4, 0.5) is 0 Å². The average molecular weight is 251 g/mol. The van der Waals surface area contributed by atoms with Gasteiger partial charge in [0.15, 0.2) is 0 Å². The van der Waals surface area contributed by atoms with Crippen LogP contribution in [-0.4, -0.2) is 36.1 Å². The Morgan fingerprint density at radius 2 is 1.78 bits per heavy atom. The molecule has 0 spiro atoms. The van der Waals surface area contributed by atoms with Gasteiger partial charge in [0, 0.05) is 5.56 Å². The van der Waals surface area contributed by atoms with Crippen LogP contribution >= 0.6 is 0 Å². The first-order chi connectivity index (χ1) is 8.69. The van der Waals surface area contributed by atoms with Gasteiger partial charge in [-0.2, -0.15) is 0 Å². The Morgan fingerprint density at radius 3 is 2.33 bits per heavy atom. The molecule has 0 aliphatic heterocycles. The summed E-state index contributed by atoms with van der Waals surface area (Å²) in [6.45, 7) is 1.36. The van der Waals surface area contributed by atoms with Crippen LogP contribution in [0.25, 0.3) is 0 Å². The van der Waals surface area contributed by atoms with Crippen molar-refractivity contribution < 1.29 is 24.3 Å². The molecule has 0 amide bonds. The number of ether oxygens (including phenoxy) is 2. The summed E-state index contributed by atoms with van der Waals surface area (Å²) >= 11 is 0. The van der Waals surface area contributed by atoms with Crippen LogP contribution in [-0.2, 0) is 19.1 Å². The molecular formula is C12H13NO5. The van der Waals surface area contributed by atoms with E-state index in [1.807, 2.05) is 0 Å². The molecule has 0 saturated heterocycles. The van der Waals surface area contributed by atoms with Crippen LogP contribution in [0.2, 0.25) is 0 Å². The number of benzene rings is 1. The van der Waals surface area contributed by atoms with E-state index in [0.29, 0.717) is 5.56 Å². The monoisotopic (exact) mass is 251 g/mol. The second-order valence-corrected chi connectivity index (χ2v) is 3.21. The highest BCUT2D eigenvalue weighted by molar-refractivity contribution is 6.30. The lowest BCUT2D eigenvalue weighted by atomic mass is 10.1. The zero-order chi connectivity index (χ0) is 13.4. The molecule has 1 aromatic carbocycles. The summed E-state index contributed by atoms with van der Waals surface area (Å²) in [4.78, 5) is 22.1. The fourth-order valence-electron chi connectivity index (χ4n) is 1.18. The Bertz CT molecular complexity index is 441. The lowest BCUT2D eigenvalue weighted by Gasteiger charge is -2.05. The van der Waals surface area contributed by atoms with E-state index in [0.717, 1.165) is 0 Å². The maximum atomic E-state index is 11.2. The highest BCUT2D eigenvalue weighted by Crippen LogP contribution is 2.02. The van der Waals surface area contributed by atoms with Crippen molar-refractivity contribution >= 4 is 17.7 Å². The summed E-state index contributed by atoms with van der Waals surface area (Å²) in [7, 11) is 0. The highest BCUT2D eigenvalue weighted by atomic mass is 16.6. The van der Waals surface area contributed by atoms with Gasteiger partial charge in [-0.1, -0.05) is 35.5 Å². The van der Waals surface area contributed by atoms with E-state index in [1.165, 1.54) is 0 Å². The second-order valence-electron chi connectivity index (χ2n) is 3.21. The maximum Gasteiger partial charge on any atom is 0.417 e. The fraction of sp³-hybridized carbons (Fsp3) is 0.250. The Morgan fingerprint density at radius 1 is 1.17 bits per heavy atom.